The molecule has 7 heteroatoms. The number of carbonyl (C=O) groups is 1. The van der Waals surface area contributed by atoms with Crippen LogP contribution in [-0.2, 0) is 4.79 Å². The van der Waals surface area contributed by atoms with Crippen molar-refractivity contribution in [2.24, 2.45) is 5.10 Å². The predicted molar refractivity (Wildman–Crippen MR) is 75.7 cm³/mol. The number of amides is 1. The summed E-state index contributed by atoms with van der Waals surface area (Å²) in [7, 11) is 0. The maximum atomic E-state index is 10.9. The van der Waals surface area contributed by atoms with Crippen LogP contribution in [0, 0.1) is 0 Å². The number of phenolic OH excluding ortho intramolecular Hbond substituents is 1. The van der Waals surface area contributed by atoms with Gasteiger partial charge >= 0.3 is 0 Å². The fraction of sp³-hybridized carbons (Fsp3) is 0.0769. The molecule has 0 aliphatic heterocycles. The maximum absolute atomic E-state index is 10.9. The highest BCUT2D eigenvalue weighted by Gasteiger charge is 1.99. The van der Waals surface area contributed by atoms with E-state index in [1.807, 2.05) is 0 Å². The summed E-state index contributed by atoms with van der Waals surface area (Å²) in [5, 5.41) is 15.7. The SMILES string of the molecule is CC(=O)Nc1cc(NN=Cc2ccc(O)cc2)ncn1. The van der Waals surface area contributed by atoms with Crippen LogP contribution in [0.1, 0.15) is 12.5 Å². The second-order valence-corrected chi connectivity index (χ2v) is 3.93. The number of nitrogens with zero attached hydrogens (tertiary/aromatic N) is 3. The second-order valence-electron chi connectivity index (χ2n) is 3.93. The van der Waals surface area contributed by atoms with Crippen molar-refractivity contribution in [3.05, 3.63) is 42.2 Å². The summed E-state index contributed by atoms with van der Waals surface area (Å²) in [6.07, 6.45) is 2.91. The summed E-state index contributed by atoms with van der Waals surface area (Å²) in [6.45, 7) is 1.40. The van der Waals surface area contributed by atoms with E-state index in [2.05, 4.69) is 25.8 Å². The van der Waals surface area contributed by atoms with E-state index < -0.39 is 0 Å². The first-order valence-corrected chi connectivity index (χ1v) is 5.81. The Morgan fingerprint density at radius 2 is 1.95 bits per heavy atom. The zero-order chi connectivity index (χ0) is 14.4. The zero-order valence-corrected chi connectivity index (χ0v) is 10.7. The molecule has 1 aromatic heterocycles. The van der Waals surface area contributed by atoms with Gasteiger partial charge in [0.05, 0.1) is 6.21 Å². The number of nitrogens with one attached hydrogen (secondary N) is 2. The molecule has 0 saturated heterocycles. The molecule has 0 saturated carbocycles. The lowest BCUT2D eigenvalue weighted by Crippen LogP contribution is -2.08. The molecule has 0 fully saturated rings. The highest BCUT2D eigenvalue weighted by atomic mass is 16.3. The molecular formula is C13H13N5O2. The Kier molecular flexibility index (Phi) is 4.23. The molecule has 0 unspecified atom stereocenters. The summed E-state index contributed by atoms with van der Waals surface area (Å²) in [5.74, 6) is 0.849. The van der Waals surface area contributed by atoms with Crippen molar-refractivity contribution in [2.45, 2.75) is 6.92 Å². The number of phenols is 1. The van der Waals surface area contributed by atoms with Gasteiger partial charge in [0.2, 0.25) is 5.91 Å². The largest absolute Gasteiger partial charge is 0.508 e. The molecule has 2 aromatic rings. The van der Waals surface area contributed by atoms with Gasteiger partial charge in [-0.1, -0.05) is 0 Å². The highest BCUT2D eigenvalue weighted by Crippen LogP contribution is 2.09. The van der Waals surface area contributed by atoms with Crippen LogP contribution >= 0.6 is 0 Å². The van der Waals surface area contributed by atoms with Gasteiger partial charge in [-0.3, -0.25) is 10.2 Å². The molecule has 1 aromatic carbocycles. The summed E-state index contributed by atoms with van der Waals surface area (Å²) >= 11 is 0. The van der Waals surface area contributed by atoms with E-state index in [1.165, 1.54) is 13.3 Å². The van der Waals surface area contributed by atoms with Crippen LogP contribution in [0.4, 0.5) is 11.6 Å². The fourth-order valence-electron chi connectivity index (χ4n) is 1.40. The Hall–Kier alpha value is -2.96. The number of anilines is 2. The molecule has 7 nitrogen and oxygen atoms in total. The average molecular weight is 271 g/mol. The molecule has 1 heterocycles. The number of carbonyl (C=O) groups excluding carboxylic acids is 1. The summed E-state index contributed by atoms with van der Waals surface area (Å²) < 4.78 is 0. The molecule has 102 valence electrons. The molecular weight excluding hydrogens is 258 g/mol. The van der Waals surface area contributed by atoms with Gasteiger partial charge in [0.15, 0.2) is 5.82 Å². The van der Waals surface area contributed by atoms with E-state index in [-0.39, 0.29) is 11.7 Å². The summed E-state index contributed by atoms with van der Waals surface area (Å²) in [5.41, 5.74) is 3.55. The lowest BCUT2D eigenvalue weighted by atomic mass is 10.2. The predicted octanol–water partition coefficient (Wildman–Crippen LogP) is 1.59. The minimum Gasteiger partial charge on any atom is -0.508 e. The molecule has 1 amide bonds. The van der Waals surface area contributed by atoms with Crippen molar-refractivity contribution >= 4 is 23.8 Å². The van der Waals surface area contributed by atoms with Gasteiger partial charge in [0, 0.05) is 13.0 Å². The molecule has 0 aliphatic carbocycles. The normalized spacial score (nSPS) is 10.4. The lowest BCUT2D eigenvalue weighted by Gasteiger charge is -2.02. The van der Waals surface area contributed by atoms with Crippen LogP contribution in [0.25, 0.3) is 0 Å². The van der Waals surface area contributed by atoms with Gasteiger partial charge in [-0.2, -0.15) is 5.10 Å². The monoisotopic (exact) mass is 271 g/mol. The first-order chi connectivity index (χ1) is 9.63. The average Bonchev–Trinajstić information content (AvgIpc) is 2.41. The minimum absolute atomic E-state index is 0.200. The molecule has 0 spiro atoms. The van der Waals surface area contributed by atoms with Crippen molar-refractivity contribution in [2.75, 3.05) is 10.7 Å². The third kappa shape index (κ3) is 4.05. The van der Waals surface area contributed by atoms with Crippen molar-refractivity contribution in [3.63, 3.8) is 0 Å². The van der Waals surface area contributed by atoms with Crippen molar-refractivity contribution in [1.82, 2.24) is 9.97 Å². The van der Waals surface area contributed by atoms with E-state index >= 15 is 0 Å². The number of hydrogen-bond donors (Lipinski definition) is 3. The van der Waals surface area contributed by atoms with Gasteiger partial charge in [0.25, 0.3) is 0 Å². The lowest BCUT2D eigenvalue weighted by molar-refractivity contribution is -0.114. The van der Waals surface area contributed by atoms with Crippen molar-refractivity contribution in [3.8, 4) is 5.75 Å². The standard InChI is InChI=1S/C13H13N5O2/c1-9(19)17-12-6-13(15-8-14-12)18-16-7-10-2-4-11(20)5-3-10/h2-8,20H,1H3,(H2,14,15,17,18,19). The first kappa shape index (κ1) is 13.5. The highest BCUT2D eigenvalue weighted by molar-refractivity contribution is 5.87. The van der Waals surface area contributed by atoms with E-state index in [9.17, 15) is 4.79 Å². The number of aromatic hydroxyl groups is 1. The molecule has 0 bridgehead atoms. The molecule has 3 N–H and O–H groups in total. The van der Waals surface area contributed by atoms with Gasteiger partial charge in [-0.15, -0.1) is 0 Å². The van der Waals surface area contributed by atoms with Crippen molar-refractivity contribution < 1.29 is 9.90 Å². The maximum Gasteiger partial charge on any atom is 0.222 e. The van der Waals surface area contributed by atoms with E-state index in [1.54, 1.807) is 36.5 Å². The van der Waals surface area contributed by atoms with Crippen LogP contribution in [0.2, 0.25) is 0 Å². The molecule has 0 atom stereocenters. The van der Waals surface area contributed by atoms with Gasteiger partial charge in [0.1, 0.15) is 17.9 Å². The second kappa shape index (κ2) is 6.28. The molecule has 0 aliphatic rings. The van der Waals surface area contributed by atoms with E-state index in [0.29, 0.717) is 11.6 Å². The summed E-state index contributed by atoms with van der Waals surface area (Å²) in [4.78, 5) is 18.8. The van der Waals surface area contributed by atoms with Crippen LogP contribution in [0.3, 0.4) is 0 Å². The third-order valence-corrected chi connectivity index (χ3v) is 2.26. The fourth-order valence-corrected chi connectivity index (χ4v) is 1.40. The molecule has 2 rings (SSSR count). The van der Waals surface area contributed by atoms with Crippen LogP contribution in [-0.4, -0.2) is 27.2 Å². The van der Waals surface area contributed by atoms with E-state index in [4.69, 9.17) is 5.11 Å². The number of hydrazone groups is 1. The smallest absolute Gasteiger partial charge is 0.222 e. The van der Waals surface area contributed by atoms with Gasteiger partial charge in [-0.05, 0) is 29.8 Å². The minimum atomic E-state index is -0.206. The Balaban J connectivity index is 1.99. The Bertz CT molecular complexity index is 625. The third-order valence-electron chi connectivity index (χ3n) is 2.26. The molecule has 0 radical (unpaired) electrons. The van der Waals surface area contributed by atoms with Gasteiger partial charge in [-0.25, -0.2) is 9.97 Å². The van der Waals surface area contributed by atoms with Crippen LogP contribution in [0.15, 0.2) is 41.8 Å². The van der Waals surface area contributed by atoms with E-state index in [0.717, 1.165) is 5.56 Å². The Labute approximate surface area is 115 Å². The quantitative estimate of drug-likeness (QED) is 0.579. The number of hydrogen-bond acceptors (Lipinski definition) is 6. The summed E-state index contributed by atoms with van der Waals surface area (Å²) in [6, 6.07) is 8.16. The number of benzene rings is 1. The number of rotatable bonds is 4. The number of aromatic nitrogens is 2. The van der Waals surface area contributed by atoms with Crippen LogP contribution in [0.5, 0.6) is 5.75 Å². The van der Waals surface area contributed by atoms with Crippen molar-refractivity contribution in [1.29, 1.82) is 0 Å². The van der Waals surface area contributed by atoms with Gasteiger partial charge < -0.3 is 10.4 Å². The Morgan fingerprint density at radius 1 is 1.25 bits per heavy atom. The topological polar surface area (TPSA) is 99.5 Å². The zero-order valence-electron chi connectivity index (χ0n) is 10.7. The molecule has 20 heavy (non-hydrogen) atoms. The first-order valence-electron chi connectivity index (χ1n) is 5.81. The van der Waals surface area contributed by atoms with Crippen LogP contribution < -0.4 is 10.7 Å². The Morgan fingerprint density at radius 3 is 2.65 bits per heavy atom.